The Bertz CT molecular complexity index is 1610. The van der Waals surface area contributed by atoms with Gasteiger partial charge in [0.15, 0.2) is 0 Å². The van der Waals surface area contributed by atoms with Gasteiger partial charge in [0, 0.05) is 12.0 Å². The number of fused-ring (bicyclic) bond motifs is 7. The quantitative estimate of drug-likeness (QED) is 0.222. The fraction of sp³-hybridized carbons (Fsp3) is 0.756. The molecule has 6 aliphatic rings. The molecule has 5 aliphatic carbocycles. The summed E-state index contributed by atoms with van der Waals surface area (Å²) in [5.74, 6) is -0.517. The lowest BCUT2D eigenvalue weighted by Crippen LogP contribution is -2.65. The van der Waals surface area contributed by atoms with Crippen molar-refractivity contribution < 1.29 is 29.0 Å². The fourth-order valence-corrected chi connectivity index (χ4v) is 13.4. The summed E-state index contributed by atoms with van der Waals surface area (Å²) in [6.45, 7) is 20.6. The number of carbonyl (C=O) groups excluding carboxylic acids is 2. The summed E-state index contributed by atoms with van der Waals surface area (Å²) < 4.78 is 12.5. The molecule has 52 heavy (non-hydrogen) atoms. The van der Waals surface area contributed by atoms with Crippen molar-refractivity contribution in [3.05, 3.63) is 47.0 Å². The van der Waals surface area contributed by atoms with Crippen LogP contribution in [0.3, 0.4) is 0 Å². The number of benzene rings is 1. The van der Waals surface area contributed by atoms with E-state index in [4.69, 9.17) is 9.47 Å². The number of nitrogens with zero attached hydrogens (tertiary/aromatic N) is 1. The van der Waals surface area contributed by atoms with E-state index in [-0.39, 0.29) is 56.2 Å². The van der Waals surface area contributed by atoms with Gasteiger partial charge in [0.1, 0.15) is 12.7 Å². The molecule has 5 fully saturated rings. The highest BCUT2D eigenvalue weighted by Crippen LogP contribution is 2.76. The van der Waals surface area contributed by atoms with Gasteiger partial charge in [-0.3, -0.25) is 9.69 Å². The van der Waals surface area contributed by atoms with Crippen LogP contribution in [0.1, 0.15) is 153 Å². The maximum absolute atomic E-state index is 14.4. The van der Waals surface area contributed by atoms with Crippen LogP contribution in [0, 0.1) is 50.2 Å². The molecular formula is C45H65NO6. The monoisotopic (exact) mass is 715 g/mol. The largest absolute Gasteiger partial charge is 0.478 e. The number of hydrogen-bond donors (Lipinski definition) is 1. The maximum Gasteiger partial charge on any atom is 0.339 e. The third kappa shape index (κ3) is 5.89. The lowest BCUT2D eigenvalue weighted by molar-refractivity contribution is -0.206. The molecule has 1 heterocycles. The number of carboxylic acids is 1. The van der Waals surface area contributed by atoms with Crippen molar-refractivity contribution in [2.24, 2.45) is 50.2 Å². The van der Waals surface area contributed by atoms with Gasteiger partial charge in [-0.05, 0) is 142 Å². The van der Waals surface area contributed by atoms with E-state index >= 15 is 0 Å². The van der Waals surface area contributed by atoms with Crippen LogP contribution in [0.15, 0.2) is 35.9 Å². The third-order valence-electron chi connectivity index (χ3n) is 16.7. The molecule has 0 unspecified atom stereocenters. The van der Waals surface area contributed by atoms with Crippen LogP contribution in [0.2, 0.25) is 0 Å². The number of allylic oxidation sites excluding steroid dienone is 2. The minimum atomic E-state index is -1.12. The Morgan fingerprint density at radius 1 is 0.827 bits per heavy atom. The van der Waals surface area contributed by atoms with E-state index in [9.17, 15) is 19.5 Å². The molecule has 4 saturated carbocycles. The molecule has 7 heteroatoms. The Hall–Kier alpha value is -2.67. The molecule has 8 atom stereocenters. The van der Waals surface area contributed by atoms with E-state index in [2.05, 4.69) is 59.4 Å². The molecule has 1 aromatic carbocycles. The molecule has 0 spiro atoms. The number of rotatable bonds is 7. The summed E-state index contributed by atoms with van der Waals surface area (Å²) >= 11 is 0. The summed E-state index contributed by atoms with van der Waals surface area (Å²) in [6.07, 6.45) is 16.1. The molecular weight excluding hydrogens is 650 g/mol. The summed E-state index contributed by atoms with van der Waals surface area (Å²) in [5, 5.41) is 9.72. The number of aromatic carboxylic acids is 1. The summed E-state index contributed by atoms with van der Waals surface area (Å²) in [4.78, 5) is 42.2. The zero-order chi connectivity index (χ0) is 37.3. The van der Waals surface area contributed by atoms with Gasteiger partial charge in [0.2, 0.25) is 0 Å². The van der Waals surface area contributed by atoms with Crippen LogP contribution in [-0.2, 0) is 14.3 Å². The zero-order valence-corrected chi connectivity index (χ0v) is 33.2. The molecule has 7 rings (SSSR count). The molecule has 1 aliphatic heterocycles. The second-order valence-electron chi connectivity index (χ2n) is 20.0. The van der Waals surface area contributed by atoms with Gasteiger partial charge >= 0.3 is 17.9 Å². The first kappa shape index (κ1) is 37.6. The molecule has 1 saturated heterocycles. The van der Waals surface area contributed by atoms with Crippen LogP contribution in [-0.4, -0.2) is 60.3 Å². The van der Waals surface area contributed by atoms with Gasteiger partial charge in [0.05, 0.1) is 16.5 Å². The van der Waals surface area contributed by atoms with Gasteiger partial charge in [-0.15, -0.1) is 0 Å². The number of esters is 2. The summed E-state index contributed by atoms with van der Waals surface area (Å²) in [6, 6.07) is 6.37. The molecule has 1 N–H and O–H groups in total. The highest BCUT2D eigenvalue weighted by atomic mass is 16.5. The summed E-state index contributed by atoms with van der Waals surface area (Å²) in [7, 11) is 0. The fourth-order valence-electron chi connectivity index (χ4n) is 13.4. The van der Waals surface area contributed by atoms with Crippen molar-refractivity contribution in [2.45, 2.75) is 138 Å². The Morgan fingerprint density at radius 2 is 1.52 bits per heavy atom. The predicted octanol–water partition coefficient (Wildman–Crippen LogP) is 9.74. The van der Waals surface area contributed by atoms with Crippen LogP contribution >= 0.6 is 0 Å². The van der Waals surface area contributed by atoms with E-state index in [0.717, 1.165) is 83.8 Å². The maximum atomic E-state index is 14.4. The third-order valence-corrected chi connectivity index (χ3v) is 16.7. The second kappa shape index (κ2) is 13.3. The van der Waals surface area contributed by atoms with E-state index < -0.39 is 17.4 Å². The van der Waals surface area contributed by atoms with Crippen molar-refractivity contribution in [3.63, 3.8) is 0 Å². The molecule has 1 aromatic rings. The SMILES string of the molecule is CC1(C)CC[C@]2(C(=O)OCCN3CCCCC3)CC[C@]3(C)C(=CC[C@@H]4[C@@]5(C)CC[C@H](OC(=O)c6ccccc6C(=O)O)C(C)(C)[C@@H]5CC[C@]43C)[C@@H]2C1. The predicted molar refractivity (Wildman–Crippen MR) is 203 cm³/mol. The van der Waals surface area contributed by atoms with Crippen molar-refractivity contribution in [2.75, 3.05) is 26.2 Å². The number of carbonyl (C=O) groups is 3. The second-order valence-corrected chi connectivity index (χ2v) is 20.0. The Balaban J connectivity index is 1.14. The van der Waals surface area contributed by atoms with Crippen LogP contribution < -0.4 is 0 Å². The zero-order valence-electron chi connectivity index (χ0n) is 33.2. The highest BCUT2D eigenvalue weighted by molar-refractivity contribution is 6.02. The average Bonchev–Trinajstić information content (AvgIpc) is 3.10. The first-order chi connectivity index (χ1) is 24.5. The van der Waals surface area contributed by atoms with Gasteiger partial charge in [-0.2, -0.15) is 0 Å². The Kier molecular flexibility index (Phi) is 9.60. The molecule has 286 valence electrons. The van der Waals surface area contributed by atoms with Gasteiger partial charge in [-0.1, -0.05) is 78.7 Å². The van der Waals surface area contributed by atoms with Crippen LogP contribution in [0.4, 0.5) is 0 Å². The smallest absolute Gasteiger partial charge is 0.339 e. The summed E-state index contributed by atoms with van der Waals surface area (Å²) in [5.41, 5.74) is 1.33. The average molecular weight is 716 g/mol. The first-order valence-corrected chi connectivity index (χ1v) is 20.6. The molecule has 0 bridgehead atoms. The van der Waals surface area contributed by atoms with Crippen molar-refractivity contribution in [3.8, 4) is 0 Å². The van der Waals surface area contributed by atoms with Crippen LogP contribution in [0.5, 0.6) is 0 Å². The molecule has 7 nitrogen and oxygen atoms in total. The van der Waals surface area contributed by atoms with E-state index in [1.165, 1.54) is 25.3 Å². The number of carboxylic acid groups (broad SMARTS) is 1. The minimum Gasteiger partial charge on any atom is -0.478 e. The van der Waals surface area contributed by atoms with Crippen molar-refractivity contribution in [1.82, 2.24) is 4.90 Å². The van der Waals surface area contributed by atoms with E-state index in [1.807, 2.05) is 0 Å². The van der Waals surface area contributed by atoms with Crippen LogP contribution in [0.25, 0.3) is 0 Å². The lowest BCUT2D eigenvalue weighted by atomic mass is 9.33. The number of hydrogen-bond acceptors (Lipinski definition) is 6. The van der Waals surface area contributed by atoms with Crippen molar-refractivity contribution >= 4 is 17.9 Å². The van der Waals surface area contributed by atoms with Gasteiger partial charge in [-0.25, -0.2) is 9.59 Å². The molecule has 0 aromatic heterocycles. The number of piperidine rings is 1. The van der Waals surface area contributed by atoms with E-state index in [0.29, 0.717) is 18.4 Å². The minimum absolute atomic E-state index is 0.00750. The lowest BCUT2D eigenvalue weighted by Gasteiger charge is -2.71. The van der Waals surface area contributed by atoms with Gasteiger partial charge < -0.3 is 14.6 Å². The molecule has 0 radical (unpaired) electrons. The first-order valence-electron chi connectivity index (χ1n) is 20.6. The number of likely N-dealkylation sites (tertiary alicyclic amines) is 1. The Morgan fingerprint density at radius 3 is 2.23 bits per heavy atom. The van der Waals surface area contributed by atoms with Gasteiger partial charge in [0.25, 0.3) is 0 Å². The Labute approximate surface area is 312 Å². The van der Waals surface area contributed by atoms with Crippen molar-refractivity contribution in [1.29, 1.82) is 0 Å². The molecule has 0 amide bonds. The normalized spacial score (nSPS) is 39.4. The number of ether oxygens (including phenoxy) is 2. The highest BCUT2D eigenvalue weighted by Gasteiger charge is 2.69. The standard InChI is InChI=1S/C45H65NO6/c1-40(2)21-23-45(39(50)51-28-27-46-25-11-8-12-26-46)24-22-43(6)32(33(45)29-40)15-16-35-42(5)19-18-36(41(3,4)34(42)17-20-44(35,43)7)52-38(49)31-14-10-9-13-30(31)37(47)48/h9-10,13-15,33-36H,8,11-12,16-29H2,1-7H3,(H,47,48)/t33-,34-,35+,36-,42-,43+,44+,45-/m0/s1. The van der Waals surface area contributed by atoms with E-state index in [1.54, 1.807) is 23.8 Å². The topological polar surface area (TPSA) is 93.1 Å².